The largest absolute Gasteiger partial charge is 0.493 e. The van der Waals surface area contributed by atoms with Crippen molar-refractivity contribution >= 4 is 17.3 Å². The Hall–Kier alpha value is -3.85. The molecule has 9 heteroatoms. The van der Waals surface area contributed by atoms with Gasteiger partial charge in [0.05, 0.1) is 31.6 Å². The van der Waals surface area contributed by atoms with Crippen LogP contribution in [-0.2, 0) is 24.2 Å². The molecule has 4 aromatic rings. The molecule has 0 bridgehead atoms. The van der Waals surface area contributed by atoms with Gasteiger partial charge in [0.1, 0.15) is 0 Å². The van der Waals surface area contributed by atoms with Crippen LogP contribution in [0.2, 0.25) is 0 Å². The number of nitrogens with zero attached hydrogens (tertiary/aromatic N) is 1. The zero-order valence-electron chi connectivity index (χ0n) is 19.9. The average Bonchev–Trinajstić information content (AvgIpc) is 3.52. The second kappa shape index (κ2) is 10.8. The summed E-state index contributed by atoms with van der Waals surface area (Å²) >= 11 is 0. The number of carbonyl (C=O) groups excluding carboxylic acids is 1. The minimum Gasteiger partial charge on any atom is -0.493 e. The normalized spacial score (nSPS) is 13.1. The lowest BCUT2D eigenvalue weighted by molar-refractivity contribution is -0.156. The lowest BCUT2D eigenvalue weighted by Gasteiger charge is -2.12. The molecular weight excluding hydrogens is 471 g/mol. The van der Waals surface area contributed by atoms with E-state index in [2.05, 4.69) is 69.9 Å². The minimum absolute atomic E-state index is 0.430. The highest BCUT2D eigenvalue weighted by Gasteiger charge is 2.25. The smallest absolute Gasteiger partial charge is 0.446 e. The predicted molar refractivity (Wildman–Crippen MR) is 131 cm³/mol. The monoisotopic (exact) mass is 497 g/mol. The second-order valence-electron chi connectivity index (χ2n) is 8.45. The summed E-state index contributed by atoms with van der Waals surface area (Å²) < 4.78 is 42.1. The summed E-state index contributed by atoms with van der Waals surface area (Å²) in [5.74, 6) is 1.61. The Balaban J connectivity index is 0.000000455. The molecule has 36 heavy (non-hydrogen) atoms. The van der Waals surface area contributed by atoms with Gasteiger partial charge in [-0.1, -0.05) is 30.3 Å². The lowest BCUT2D eigenvalue weighted by atomic mass is 10.0. The molecule has 0 radical (unpaired) electrons. The van der Waals surface area contributed by atoms with E-state index in [9.17, 15) is 13.2 Å². The summed E-state index contributed by atoms with van der Waals surface area (Å²) in [5.41, 5.74) is 8.43. The van der Waals surface area contributed by atoms with Crippen LogP contribution in [0, 0.1) is 0 Å². The van der Waals surface area contributed by atoms with Crippen LogP contribution >= 0.6 is 0 Å². The number of methoxy groups -OCH3 is 2. The number of benzene rings is 3. The molecule has 0 amide bonds. The third kappa shape index (κ3) is 6.04. The number of nitrogens with one attached hydrogen (secondary N) is 2. The Morgan fingerprint density at radius 1 is 0.972 bits per heavy atom. The van der Waals surface area contributed by atoms with Crippen molar-refractivity contribution in [1.29, 1.82) is 0 Å². The van der Waals surface area contributed by atoms with Crippen molar-refractivity contribution in [3.05, 3.63) is 77.6 Å². The van der Waals surface area contributed by atoms with E-state index in [0.29, 0.717) is 6.04 Å². The summed E-state index contributed by atoms with van der Waals surface area (Å²) in [5, 5.41) is 3.70. The number of aromatic amines is 1. The fourth-order valence-corrected chi connectivity index (χ4v) is 4.28. The summed E-state index contributed by atoms with van der Waals surface area (Å²) in [4.78, 5) is 16.2. The second-order valence-corrected chi connectivity index (χ2v) is 8.45. The zero-order chi connectivity index (χ0) is 25.7. The number of halogens is 3. The van der Waals surface area contributed by atoms with E-state index in [4.69, 9.17) is 14.3 Å². The van der Waals surface area contributed by atoms with Gasteiger partial charge in [0.25, 0.3) is 0 Å². The van der Waals surface area contributed by atoms with Crippen LogP contribution in [0.15, 0.2) is 60.9 Å². The first-order valence-electron chi connectivity index (χ1n) is 11.3. The average molecular weight is 498 g/mol. The Kier molecular flexibility index (Phi) is 7.59. The van der Waals surface area contributed by atoms with Gasteiger partial charge in [-0.15, -0.1) is 0 Å². The van der Waals surface area contributed by atoms with E-state index >= 15 is 0 Å². The first kappa shape index (κ1) is 25.2. The van der Waals surface area contributed by atoms with E-state index in [0.717, 1.165) is 41.9 Å². The van der Waals surface area contributed by atoms with Crippen molar-refractivity contribution in [2.24, 2.45) is 0 Å². The fourth-order valence-electron chi connectivity index (χ4n) is 4.28. The summed E-state index contributed by atoms with van der Waals surface area (Å²) in [7, 11) is 3.37. The molecule has 0 unspecified atom stereocenters. The molecule has 6 nitrogen and oxygen atoms in total. The standard InChI is InChI=1S/C25H25N3O2.C2HF3O/c1-29-24-12-19-9-21(10-20(19)13-25(24)30-2)26-14-16-3-5-17(6-4-16)18-7-8-22-23(11-18)28-15-27-22;3-2(4,5)1-6/h3-8,11-13,15,21,26H,9-10,14H2,1-2H3,(H,27,28);1H. The Labute approximate surface area is 206 Å². The van der Waals surface area contributed by atoms with Crippen LogP contribution in [0.5, 0.6) is 11.5 Å². The number of rotatable bonds is 6. The Morgan fingerprint density at radius 3 is 2.11 bits per heavy atom. The predicted octanol–water partition coefficient (Wildman–Crippen LogP) is 5.25. The number of alkyl halides is 3. The van der Waals surface area contributed by atoms with Crippen molar-refractivity contribution in [2.45, 2.75) is 31.6 Å². The molecule has 2 N–H and O–H groups in total. The number of imidazole rings is 1. The quantitative estimate of drug-likeness (QED) is 0.356. The van der Waals surface area contributed by atoms with Crippen molar-refractivity contribution in [3.63, 3.8) is 0 Å². The van der Waals surface area contributed by atoms with Gasteiger partial charge < -0.3 is 19.8 Å². The Bertz CT molecular complexity index is 1300. The zero-order valence-corrected chi connectivity index (χ0v) is 19.9. The molecular formula is C27H26F3N3O3. The molecule has 3 aromatic carbocycles. The van der Waals surface area contributed by atoms with E-state index in [1.807, 2.05) is 0 Å². The van der Waals surface area contributed by atoms with E-state index in [-0.39, 0.29) is 0 Å². The van der Waals surface area contributed by atoms with E-state index < -0.39 is 12.5 Å². The molecule has 0 atom stereocenters. The molecule has 1 aliphatic rings. The minimum atomic E-state index is -4.64. The van der Waals surface area contributed by atoms with Crippen LogP contribution in [0.3, 0.4) is 0 Å². The van der Waals surface area contributed by atoms with E-state index in [1.54, 1.807) is 20.5 Å². The van der Waals surface area contributed by atoms with Crippen molar-refractivity contribution in [2.75, 3.05) is 14.2 Å². The van der Waals surface area contributed by atoms with Gasteiger partial charge in [0, 0.05) is 12.6 Å². The number of fused-ring (bicyclic) bond motifs is 2. The highest BCUT2D eigenvalue weighted by Crippen LogP contribution is 2.35. The maximum Gasteiger partial charge on any atom is 0.446 e. The van der Waals surface area contributed by atoms with Crippen LogP contribution in [-0.4, -0.2) is 42.7 Å². The summed E-state index contributed by atoms with van der Waals surface area (Å²) in [6.45, 7) is 0.854. The molecule has 0 fully saturated rings. The number of H-pyrrole nitrogens is 1. The highest BCUT2D eigenvalue weighted by molar-refractivity contribution is 5.81. The number of ether oxygens (including phenoxy) is 2. The van der Waals surface area contributed by atoms with Crippen LogP contribution in [0.1, 0.15) is 16.7 Å². The molecule has 1 heterocycles. The molecule has 188 valence electrons. The van der Waals surface area contributed by atoms with E-state index in [1.165, 1.54) is 27.8 Å². The van der Waals surface area contributed by atoms with Crippen molar-refractivity contribution in [3.8, 4) is 22.6 Å². The summed E-state index contributed by atoms with van der Waals surface area (Å²) in [6, 6.07) is 19.8. The van der Waals surface area contributed by atoms with Crippen molar-refractivity contribution in [1.82, 2.24) is 15.3 Å². The van der Waals surface area contributed by atoms with Gasteiger partial charge in [-0.05, 0) is 64.9 Å². The number of hydrogen-bond acceptors (Lipinski definition) is 5. The molecule has 0 saturated carbocycles. The molecule has 0 saturated heterocycles. The third-order valence-electron chi connectivity index (χ3n) is 6.07. The Morgan fingerprint density at radius 2 is 1.56 bits per heavy atom. The van der Waals surface area contributed by atoms with Crippen LogP contribution in [0.4, 0.5) is 13.2 Å². The van der Waals surface area contributed by atoms with Gasteiger partial charge in [-0.25, -0.2) is 4.98 Å². The molecule has 1 aliphatic carbocycles. The number of carbonyl (C=O) groups is 1. The highest BCUT2D eigenvalue weighted by atomic mass is 19.4. The molecule has 0 spiro atoms. The first-order valence-corrected chi connectivity index (χ1v) is 11.3. The fraction of sp³-hybridized carbons (Fsp3) is 0.259. The molecule has 0 aliphatic heterocycles. The van der Waals surface area contributed by atoms with Gasteiger partial charge in [-0.3, -0.25) is 4.79 Å². The number of hydrogen-bond donors (Lipinski definition) is 2. The maximum absolute atomic E-state index is 10.4. The third-order valence-corrected chi connectivity index (χ3v) is 6.07. The van der Waals surface area contributed by atoms with Crippen LogP contribution in [0.25, 0.3) is 22.2 Å². The van der Waals surface area contributed by atoms with Gasteiger partial charge in [0.2, 0.25) is 6.29 Å². The van der Waals surface area contributed by atoms with Gasteiger partial charge in [-0.2, -0.15) is 13.2 Å². The summed E-state index contributed by atoms with van der Waals surface area (Å²) in [6.07, 6.45) is -1.94. The number of aldehydes is 1. The van der Waals surface area contributed by atoms with Crippen LogP contribution < -0.4 is 14.8 Å². The lowest BCUT2D eigenvalue weighted by Crippen LogP contribution is -2.28. The SMILES string of the molecule is COc1cc2c(cc1OC)CC(NCc1ccc(-c3ccc4nc[nH]c4c3)cc1)C2.O=CC(F)(F)F. The molecule has 5 rings (SSSR count). The first-order chi connectivity index (χ1) is 17.3. The maximum atomic E-state index is 10.4. The van der Waals surface area contributed by atoms with Crippen molar-refractivity contribution < 1.29 is 27.4 Å². The van der Waals surface area contributed by atoms with Gasteiger partial charge >= 0.3 is 6.18 Å². The number of aromatic nitrogens is 2. The van der Waals surface area contributed by atoms with Gasteiger partial charge in [0.15, 0.2) is 11.5 Å². The molecule has 1 aromatic heterocycles. The topological polar surface area (TPSA) is 76.2 Å².